The third-order valence-electron chi connectivity index (χ3n) is 3.85. The molecule has 7 heteroatoms. The zero-order valence-corrected chi connectivity index (χ0v) is 16.0. The minimum absolute atomic E-state index is 0.204. The van der Waals surface area contributed by atoms with E-state index in [4.69, 9.17) is 4.74 Å². The van der Waals surface area contributed by atoms with Crippen molar-refractivity contribution in [3.8, 4) is 5.75 Å². The molecule has 0 aromatic heterocycles. The minimum atomic E-state index is -3.16. The van der Waals surface area contributed by atoms with Crippen LogP contribution < -0.4 is 15.4 Å². The molecule has 0 amide bonds. The van der Waals surface area contributed by atoms with Gasteiger partial charge >= 0.3 is 0 Å². The van der Waals surface area contributed by atoms with Crippen LogP contribution in [0.5, 0.6) is 5.75 Å². The maximum atomic E-state index is 11.8. The van der Waals surface area contributed by atoms with E-state index in [-0.39, 0.29) is 6.54 Å². The van der Waals surface area contributed by atoms with Crippen LogP contribution in [0.4, 0.5) is 0 Å². The van der Waals surface area contributed by atoms with Gasteiger partial charge in [-0.3, -0.25) is 4.99 Å². The second-order valence-corrected chi connectivity index (χ2v) is 8.87. The van der Waals surface area contributed by atoms with Gasteiger partial charge < -0.3 is 15.4 Å². The molecule has 0 aliphatic rings. The number of sulfone groups is 1. The molecule has 0 fully saturated rings. The van der Waals surface area contributed by atoms with E-state index in [0.717, 1.165) is 17.7 Å². The fourth-order valence-electron chi connectivity index (χ4n) is 1.95. The van der Waals surface area contributed by atoms with Crippen molar-refractivity contribution >= 4 is 15.8 Å². The number of guanidine groups is 1. The first-order valence-electron chi connectivity index (χ1n) is 8.05. The smallest absolute Gasteiger partial charge is 0.191 e. The van der Waals surface area contributed by atoms with Gasteiger partial charge in [0, 0.05) is 19.3 Å². The van der Waals surface area contributed by atoms with E-state index in [9.17, 15) is 8.42 Å². The van der Waals surface area contributed by atoms with Gasteiger partial charge in [0.2, 0.25) is 0 Å². The van der Waals surface area contributed by atoms with E-state index in [0.29, 0.717) is 19.0 Å². The van der Waals surface area contributed by atoms with Gasteiger partial charge in [-0.05, 0) is 38.8 Å². The van der Waals surface area contributed by atoms with Crippen LogP contribution in [-0.4, -0.2) is 52.1 Å². The summed E-state index contributed by atoms with van der Waals surface area (Å²) < 4.78 is 28.0. The largest absolute Gasteiger partial charge is 0.496 e. The molecule has 2 N–H and O–H groups in total. The van der Waals surface area contributed by atoms with E-state index in [1.54, 1.807) is 21.0 Å². The topological polar surface area (TPSA) is 79.8 Å². The Balaban J connectivity index is 2.68. The van der Waals surface area contributed by atoms with Crippen LogP contribution >= 0.6 is 0 Å². The molecule has 0 saturated carbocycles. The van der Waals surface area contributed by atoms with Gasteiger partial charge in [-0.15, -0.1) is 0 Å². The van der Waals surface area contributed by atoms with Gasteiger partial charge in [-0.1, -0.05) is 18.2 Å². The maximum absolute atomic E-state index is 11.8. The SMILES string of the molecule is CCNC(=NCC(C)(C)S(C)(=O)=O)NCCc1ccccc1OC. The number of benzene rings is 1. The highest BCUT2D eigenvalue weighted by Crippen LogP contribution is 2.17. The fourth-order valence-corrected chi connectivity index (χ4v) is 2.25. The monoisotopic (exact) mass is 355 g/mol. The molecule has 6 nitrogen and oxygen atoms in total. The second kappa shape index (κ2) is 8.92. The predicted molar refractivity (Wildman–Crippen MR) is 99.6 cm³/mol. The van der Waals surface area contributed by atoms with Crippen molar-refractivity contribution in [1.82, 2.24) is 10.6 Å². The molecule has 1 aromatic carbocycles. The second-order valence-electron chi connectivity index (χ2n) is 6.22. The number of hydrogen-bond acceptors (Lipinski definition) is 4. The first-order chi connectivity index (χ1) is 11.2. The van der Waals surface area contributed by atoms with E-state index in [1.165, 1.54) is 6.26 Å². The van der Waals surface area contributed by atoms with E-state index in [2.05, 4.69) is 15.6 Å². The lowest BCUT2D eigenvalue weighted by molar-refractivity contribution is 0.409. The Morgan fingerprint density at radius 3 is 2.50 bits per heavy atom. The van der Waals surface area contributed by atoms with E-state index < -0.39 is 14.6 Å². The molecule has 0 spiro atoms. The lowest BCUT2D eigenvalue weighted by Gasteiger charge is -2.21. The Labute approximate surface area is 145 Å². The Bertz CT molecular complexity index is 655. The highest BCUT2D eigenvalue weighted by atomic mass is 32.2. The van der Waals surface area contributed by atoms with Gasteiger partial charge in [0.1, 0.15) is 5.75 Å². The van der Waals surface area contributed by atoms with Crippen molar-refractivity contribution < 1.29 is 13.2 Å². The number of nitrogens with zero attached hydrogens (tertiary/aromatic N) is 1. The lowest BCUT2D eigenvalue weighted by Crippen LogP contribution is -2.41. The molecule has 0 heterocycles. The Hall–Kier alpha value is -1.76. The van der Waals surface area contributed by atoms with Crippen LogP contribution in [-0.2, 0) is 16.3 Å². The minimum Gasteiger partial charge on any atom is -0.496 e. The Morgan fingerprint density at radius 2 is 1.92 bits per heavy atom. The van der Waals surface area contributed by atoms with Gasteiger partial charge in [0.15, 0.2) is 15.8 Å². The number of hydrogen-bond donors (Lipinski definition) is 2. The summed E-state index contributed by atoms with van der Waals surface area (Å²) in [5, 5.41) is 6.37. The summed E-state index contributed by atoms with van der Waals surface area (Å²) in [7, 11) is -1.51. The standard InChI is InChI=1S/C17H29N3O3S/c1-6-18-16(20-13-17(2,3)24(5,21)22)19-12-11-14-9-7-8-10-15(14)23-4/h7-10H,6,11-13H2,1-5H3,(H2,18,19,20). The summed E-state index contributed by atoms with van der Waals surface area (Å²) in [4.78, 5) is 4.41. The van der Waals surface area contributed by atoms with Crippen molar-refractivity contribution in [2.24, 2.45) is 4.99 Å². The molecule has 0 aliphatic heterocycles. The average Bonchev–Trinajstić information content (AvgIpc) is 2.52. The van der Waals surface area contributed by atoms with Crippen LogP contribution in [0.2, 0.25) is 0 Å². The van der Waals surface area contributed by atoms with Gasteiger partial charge in [-0.2, -0.15) is 0 Å². The fraction of sp³-hybridized carbons (Fsp3) is 0.588. The van der Waals surface area contributed by atoms with Crippen molar-refractivity contribution in [3.05, 3.63) is 29.8 Å². The zero-order valence-electron chi connectivity index (χ0n) is 15.2. The highest BCUT2D eigenvalue weighted by Gasteiger charge is 2.29. The maximum Gasteiger partial charge on any atom is 0.191 e. The predicted octanol–water partition coefficient (Wildman–Crippen LogP) is 1.62. The normalized spacial score (nSPS) is 12.8. The quantitative estimate of drug-likeness (QED) is 0.547. The highest BCUT2D eigenvalue weighted by molar-refractivity contribution is 7.92. The summed E-state index contributed by atoms with van der Waals surface area (Å²) >= 11 is 0. The van der Waals surface area contributed by atoms with Gasteiger partial charge in [0.05, 0.1) is 18.4 Å². The molecule has 24 heavy (non-hydrogen) atoms. The first kappa shape index (κ1) is 20.3. The number of nitrogens with one attached hydrogen (secondary N) is 2. The zero-order chi connectivity index (χ0) is 18.2. The Kier molecular flexibility index (Phi) is 7.54. The number of aliphatic imine (C=N–C) groups is 1. The summed E-state index contributed by atoms with van der Waals surface area (Å²) in [6, 6.07) is 7.88. The molecule has 0 saturated heterocycles. The van der Waals surface area contributed by atoms with Crippen molar-refractivity contribution in [2.75, 3.05) is 33.0 Å². The van der Waals surface area contributed by atoms with Crippen LogP contribution in [0.1, 0.15) is 26.3 Å². The third kappa shape index (κ3) is 6.03. The van der Waals surface area contributed by atoms with Crippen LogP contribution in [0.15, 0.2) is 29.3 Å². The molecule has 0 aliphatic carbocycles. The lowest BCUT2D eigenvalue weighted by atomic mass is 10.1. The number of methoxy groups -OCH3 is 1. The number of para-hydroxylation sites is 1. The summed E-state index contributed by atoms with van der Waals surface area (Å²) in [5.41, 5.74) is 1.11. The van der Waals surface area contributed by atoms with Crippen molar-refractivity contribution in [2.45, 2.75) is 31.9 Å². The molecule has 0 atom stereocenters. The number of rotatable bonds is 8. The molecule has 0 radical (unpaired) electrons. The average molecular weight is 356 g/mol. The molecular formula is C17H29N3O3S. The number of ether oxygens (including phenoxy) is 1. The summed E-state index contributed by atoms with van der Waals surface area (Å²) in [6.07, 6.45) is 2.02. The van der Waals surface area contributed by atoms with Crippen molar-refractivity contribution in [1.29, 1.82) is 0 Å². The van der Waals surface area contributed by atoms with Crippen molar-refractivity contribution in [3.63, 3.8) is 0 Å². The summed E-state index contributed by atoms with van der Waals surface area (Å²) in [6.45, 7) is 6.93. The molecular weight excluding hydrogens is 326 g/mol. The van der Waals surface area contributed by atoms with E-state index >= 15 is 0 Å². The first-order valence-corrected chi connectivity index (χ1v) is 9.94. The van der Waals surface area contributed by atoms with Gasteiger partial charge in [-0.25, -0.2) is 8.42 Å². The third-order valence-corrected chi connectivity index (χ3v) is 5.98. The summed E-state index contributed by atoms with van der Waals surface area (Å²) in [5.74, 6) is 1.48. The van der Waals surface area contributed by atoms with Crippen LogP contribution in [0.25, 0.3) is 0 Å². The van der Waals surface area contributed by atoms with Gasteiger partial charge in [0.25, 0.3) is 0 Å². The molecule has 0 unspecified atom stereocenters. The van der Waals surface area contributed by atoms with Crippen LogP contribution in [0.3, 0.4) is 0 Å². The Morgan fingerprint density at radius 1 is 1.25 bits per heavy atom. The van der Waals surface area contributed by atoms with E-state index in [1.807, 2.05) is 31.2 Å². The molecule has 136 valence electrons. The van der Waals surface area contributed by atoms with Crippen LogP contribution in [0, 0.1) is 0 Å². The molecule has 0 bridgehead atoms. The molecule has 1 aromatic rings. The molecule has 1 rings (SSSR count).